The highest BCUT2D eigenvalue weighted by Crippen LogP contribution is 2.42. The van der Waals surface area contributed by atoms with Gasteiger partial charge in [0.05, 0.1) is 41.5 Å². The normalized spacial score (nSPS) is 22.4. The van der Waals surface area contributed by atoms with E-state index in [0.717, 1.165) is 69.2 Å². The van der Waals surface area contributed by atoms with E-state index < -0.39 is 29.7 Å². The molecule has 50 heavy (non-hydrogen) atoms. The Morgan fingerprint density at radius 3 is 2.36 bits per heavy atom. The summed E-state index contributed by atoms with van der Waals surface area (Å²) >= 11 is 0. The van der Waals surface area contributed by atoms with Crippen molar-refractivity contribution >= 4 is 46.2 Å². The Morgan fingerprint density at radius 1 is 0.840 bits per heavy atom. The topological polar surface area (TPSA) is 154 Å². The first-order chi connectivity index (χ1) is 24.6. The molecule has 9 rings (SSSR count). The molecule has 254 valence electrons. The smallest absolute Gasteiger partial charge is 0.265 e. The lowest BCUT2D eigenvalue weighted by atomic mass is 9.72. The van der Waals surface area contributed by atoms with Gasteiger partial charge in [0.25, 0.3) is 17.4 Å². The lowest BCUT2D eigenvalue weighted by molar-refractivity contribution is -0.136. The Kier molecular flexibility index (Phi) is 6.79. The van der Waals surface area contributed by atoms with Crippen LogP contribution in [0.4, 0.5) is 11.6 Å². The summed E-state index contributed by atoms with van der Waals surface area (Å²) in [6.45, 7) is 6.64. The quantitative estimate of drug-likeness (QED) is 0.297. The number of imide groups is 2. The van der Waals surface area contributed by atoms with Crippen LogP contribution in [0.15, 0.2) is 66.0 Å². The lowest BCUT2D eigenvalue weighted by Crippen LogP contribution is -2.72. The zero-order chi connectivity index (χ0) is 35.0. The van der Waals surface area contributed by atoms with Crippen LogP contribution in [0, 0.1) is 11.3 Å². The van der Waals surface area contributed by atoms with Crippen LogP contribution in [0.25, 0.3) is 16.6 Å². The minimum atomic E-state index is -0.967. The van der Waals surface area contributed by atoms with E-state index in [1.807, 2.05) is 6.07 Å². The third kappa shape index (κ3) is 5.04. The molecule has 14 heteroatoms. The predicted octanol–water partition coefficient (Wildman–Crippen LogP) is 1.62. The van der Waals surface area contributed by atoms with Crippen molar-refractivity contribution in [1.29, 1.82) is 0 Å². The second kappa shape index (κ2) is 11.5. The molecule has 0 saturated carbocycles. The van der Waals surface area contributed by atoms with E-state index in [2.05, 4.69) is 35.0 Å². The molecule has 4 fully saturated rings. The average Bonchev–Trinajstić information content (AvgIpc) is 3.34. The van der Waals surface area contributed by atoms with Crippen molar-refractivity contribution in [3.8, 4) is 5.69 Å². The van der Waals surface area contributed by atoms with Gasteiger partial charge < -0.3 is 14.7 Å². The third-order valence-electron chi connectivity index (χ3n) is 10.9. The fraction of sp³-hybridized carbons (Fsp3) is 0.389. The summed E-state index contributed by atoms with van der Waals surface area (Å²) in [6.07, 6.45) is 7.05. The summed E-state index contributed by atoms with van der Waals surface area (Å²) in [5, 5.41) is 2.62. The Morgan fingerprint density at radius 2 is 1.60 bits per heavy atom. The first-order valence-electron chi connectivity index (χ1n) is 17.5. The Labute approximate surface area is 288 Å². The largest absolute Gasteiger partial charge is 0.371 e. The van der Waals surface area contributed by atoms with Gasteiger partial charge in [-0.05, 0) is 55.5 Å². The van der Waals surface area contributed by atoms with Gasteiger partial charge in [0.1, 0.15) is 12.4 Å². The summed E-state index contributed by atoms with van der Waals surface area (Å²) in [5.41, 5.74) is 2.58. The van der Waals surface area contributed by atoms with E-state index in [1.165, 1.54) is 17.0 Å². The molecular formula is C36H35N9O5. The molecule has 4 aromatic rings. The SMILES string of the molecule is [2H]c1ccc2ncn(-c3cnc(N4CC5(CN(CC6CCN(c7ccc8c(c7)C(=O)N(C7CCC(=O)NC7=O)C8=O)CC6)C5)C4)nc3)c(=O)c2c1. The van der Waals surface area contributed by atoms with Crippen LogP contribution in [0.1, 0.15) is 47.8 Å². The summed E-state index contributed by atoms with van der Waals surface area (Å²) in [6, 6.07) is 9.43. The van der Waals surface area contributed by atoms with Crippen molar-refractivity contribution in [2.75, 3.05) is 55.6 Å². The van der Waals surface area contributed by atoms with Crippen LogP contribution < -0.4 is 20.7 Å². The molecule has 7 heterocycles. The van der Waals surface area contributed by atoms with Crippen molar-refractivity contribution < 1.29 is 20.5 Å². The maximum atomic E-state index is 13.3. The Bertz CT molecular complexity index is 2190. The molecule has 1 unspecified atom stereocenters. The first-order valence-corrected chi connectivity index (χ1v) is 17.0. The van der Waals surface area contributed by atoms with Crippen molar-refractivity contribution in [3.05, 3.63) is 82.6 Å². The number of nitrogens with one attached hydrogen (secondary N) is 1. The average molecular weight is 675 g/mol. The van der Waals surface area contributed by atoms with Gasteiger partial charge in [0.15, 0.2) is 0 Å². The number of carbonyl (C=O) groups is 4. The van der Waals surface area contributed by atoms with Gasteiger partial charge in [0, 0.05) is 63.3 Å². The van der Waals surface area contributed by atoms with Gasteiger partial charge >= 0.3 is 0 Å². The Hall–Kier alpha value is -5.50. The molecule has 2 aromatic carbocycles. The first kappa shape index (κ1) is 29.4. The molecule has 1 atom stereocenters. The van der Waals surface area contributed by atoms with Gasteiger partial charge in [-0.25, -0.2) is 15.0 Å². The van der Waals surface area contributed by atoms with Gasteiger partial charge in [-0.3, -0.25) is 38.8 Å². The number of para-hydroxylation sites is 1. The molecule has 4 saturated heterocycles. The molecule has 0 bridgehead atoms. The Balaban J connectivity index is 0.756. The predicted molar refractivity (Wildman–Crippen MR) is 182 cm³/mol. The number of hydrogen-bond acceptors (Lipinski definition) is 11. The van der Waals surface area contributed by atoms with E-state index in [0.29, 0.717) is 39.6 Å². The van der Waals surface area contributed by atoms with Gasteiger partial charge in [-0.1, -0.05) is 12.1 Å². The molecule has 1 N–H and O–H groups in total. The maximum Gasteiger partial charge on any atom is 0.265 e. The molecule has 14 nitrogen and oxygen atoms in total. The molecule has 1 spiro atoms. The van der Waals surface area contributed by atoms with Crippen molar-refractivity contribution in [2.24, 2.45) is 11.3 Å². The van der Waals surface area contributed by atoms with Crippen molar-refractivity contribution in [3.63, 3.8) is 0 Å². The highest BCUT2D eigenvalue weighted by molar-refractivity contribution is 6.23. The molecule has 5 aliphatic heterocycles. The van der Waals surface area contributed by atoms with Gasteiger partial charge in [-0.15, -0.1) is 0 Å². The fourth-order valence-electron chi connectivity index (χ4n) is 8.33. The molecule has 5 aliphatic rings. The number of amides is 4. The summed E-state index contributed by atoms with van der Waals surface area (Å²) in [4.78, 5) is 84.8. The van der Waals surface area contributed by atoms with Gasteiger partial charge in [-0.2, -0.15) is 0 Å². The highest BCUT2D eigenvalue weighted by Gasteiger charge is 2.52. The minimum absolute atomic E-state index is 0.0947. The number of likely N-dealkylation sites (tertiary alicyclic amines) is 1. The second-order valence-corrected chi connectivity index (χ2v) is 14.2. The summed E-state index contributed by atoms with van der Waals surface area (Å²) < 4.78 is 9.25. The van der Waals surface area contributed by atoms with E-state index in [-0.39, 0.29) is 29.9 Å². The number of hydrogen-bond donors (Lipinski definition) is 1. The fourth-order valence-corrected chi connectivity index (χ4v) is 8.33. The number of nitrogens with zero attached hydrogens (tertiary/aromatic N) is 8. The monoisotopic (exact) mass is 674 g/mol. The van der Waals surface area contributed by atoms with Crippen molar-refractivity contribution in [2.45, 2.75) is 31.7 Å². The van der Waals surface area contributed by atoms with Crippen molar-refractivity contribution in [1.82, 2.24) is 34.6 Å². The van der Waals surface area contributed by atoms with Gasteiger partial charge in [0.2, 0.25) is 17.8 Å². The van der Waals surface area contributed by atoms with Crippen LogP contribution in [0.3, 0.4) is 0 Å². The molecule has 4 amide bonds. The van der Waals surface area contributed by atoms with E-state index >= 15 is 0 Å². The van der Waals surface area contributed by atoms with E-state index in [9.17, 15) is 24.0 Å². The van der Waals surface area contributed by atoms with Crippen LogP contribution in [-0.2, 0) is 9.59 Å². The summed E-state index contributed by atoms with van der Waals surface area (Å²) in [5.74, 6) is -0.742. The number of piperidine rings is 2. The highest BCUT2D eigenvalue weighted by atomic mass is 16.2. The molecule has 0 aliphatic carbocycles. The molecular weight excluding hydrogens is 638 g/mol. The van der Waals surface area contributed by atoms with E-state index in [1.54, 1.807) is 36.7 Å². The number of fused-ring (bicyclic) bond motifs is 2. The second-order valence-electron chi connectivity index (χ2n) is 14.2. The number of aromatic nitrogens is 4. The van der Waals surface area contributed by atoms with E-state index in [4.69, 9.17) is 1.37 Å². The minimum Gasteiger partial charge on any atom is -0.371 e. The zero-order valence-electron chi connectivity index (χ0n) is 28.2. The third-order valence-corrected chi connectivity index (χ3v) is 10.9. The number of carbonyl (C=O) groups excluding carboxylic acids is 4. The molecule has 0 radical (unpaired) electrons. The number of rotatable bonds is 6. The number of anilines is 2. The zero-order valence-corrected chi connectivity index (χ0v) is 27.2. The van der Waals surface area contributed by atoms with Crippen LogP contribution >= 0.6 is 0 Å². The van der Waals surface area contributed by atoms with Crippen LogP contribution in [0.5, 0.6) is 0 Å². The molecule has 2 aromatic heterocycles. The number of benzene rings is 2. The maximum absolute atomic E-state index is 13.3. The van der Waals surface area contributed by atoms with Crippen LogP contribution in [-0.4, -0.2) is 105 Å². The van der Waals surface area contributed by atoms with Crippen LogP contribution in [0.2, 0.25) is 0 Å². The lowest BCUT2D eigenvalue weighted by Gasteiger charge is -2.61. The summed E-state index contributed by atoms with van der Waals surface area (Å²) in [7, 11) is 0. The standard InChI is InChI=1S/C36H35N9O5/c46-30-8-7-29(31(47)40-30)45-33(49)25-6-5-23(13-27(25)34(45)50)42-11-9-22(10-12-42)16-41-17-36(18-41)19-43(20-36)35-37-14-24(15-38-35)44-21-39-28-4-2-1-3-26(28)32(44)48/h1-6,13-15,21-22,29H,7-12,16-20H2,(H,40,46,47)/i1D.